The molecule has 1 aromatic carbocycles. The van der Waals surface area contributed by atoms with E-state index in [4.69, 9.17) is 23.1 Å². The summed E-state index contributed by atoms with van der Waals surface area (Å²) in [6.45, 7) is 0. The second-order valence-electron chi connectivity index (χ2n) is 6.09. The Bertz CT molecular complexity index is 1170. The van der Waals surface area contributed by atoms with E-state index in [-0.39, 0.29) is 0 Å². The maximum absolute atomic E-state index is 11.3. The monoisotopic (exact) mass is 378 g/mol. The standard InChI is InChI=1S/C19H15ClN6O/c20-15-9-13(4-5-23-15)17-18(21)25-16-8-12(10-24-26(16)17)6-11-2-1-3-14(7-11)19(22)27/h1-5,7-10H,6,21H2,(H2,22,27). The van der Waals surface area contributed by atoms with E-state index in [1.807, 2.05) is 12.1 Å². The first-order chi connectivity index (χ1) is 13.0. The molecule has 4 N–H and O–H groups in total. The third-order valence-electron chi connectivity index (χ3n) is 4.18. The summed E-state index contributed by atoms with van der Waals surface area (Å²) in [6.07, 6.45) is 3.95. The summed E-state index contributed by atoms with van der Waals surface area (Å²) >= 11 is 5.98. The van der Waals surface area contributed by atoms with E-state index in [1.54, 1.807) is 47.2 Å². The quantitative estimate of drug-likeness (QED) is 0.530. The van der Waals surface area contributed by atoms with E-state index in [9.17, 15) is 4.79 Å². The van der Waals surface area contributed by atoms with Gasteiger partial charge in [-0.05, 0) is 47.9 Å². The molecule has 0 spiro atoms. The van der Waals surface area contributed by atoms with Crippen molar-refractivity contribution in [3.63, 3.8) is 0 Å². The predicted molar refractivity (Wildman–Crippen MR) is 103 cm³/mol. The van der Waals surface area contributed by atoms with Crippen LogP contribution in [-0.2, 0) is 6.42 Å². The van der Waals surface area contributed by atoms with Gasteiger partial charge in [-0.25, -0.2) is 14.5 Å². The van der Waals surface area contributed by atoms with Gasteiger partial charge in [-0.3, -0.25) is 4.79 Å². The molecule has 0 radical (unpaired) electrons. The molecule has 0 saturated carbocycles. The van der Waals surface area contributed by atoms with Crippen molar-refractivity contribution in [3.05, 3.63) is 76.7 Å². The number of nitrogens with zero attached hydrogens (tertiary/aromatic N) is 4. The molecule has 27 heavy (non-hydrogen) atoms. The van der Waals surface area contributed by atoms with Crippen molar-refractivity contribution in [1.29, 1.82) is 0 Å². The van der Waals surface area contributed by atoms with Crippen LogP contribution < -0.4 is 11.5 Å². The number of benzene rings is 1. The summed E-state index contributed by atoms with van der Waals surface area (Å²) in [6, 6.07) is 12.6. The number of aromatic nitrogens is 4. The van der Waals surface area contributed by atoms with E-state index in [2.05, 4.69) is 15.1 Å². The maximum atomic E-state index is 11.3. The third kappa shape index (κ3) is 3.32. The van der Waals surface area contributed by atoms with Crippen LogP contribution in [0.3, 0.4) is 0 Å². The van der Waals surface area contributed by atoms with Gasteiger partial charge < -0.3 is 11.5 Å². The van der Waals surface area contributed by atoms with E-state index in [1.165, 1.54) is 0 Å². The van der Waals surface area contributed by atoms with Crippen LogP contribution in [0.5, 0.6) is 0 Å². The van der Waals surface area contributed by atoms with Gasteiger partial charge in [0.2, 0.25) is 5.91 Å². The second-order valence-corrected chi connectivity index (χ2v) is 6.48. The molecule has 3 aromatic heterocycles. The fourth-order valence-corrected chi connectivity index (χ4v) is 3.15. The molecule has 8 heteroatoms. The van der Waals surface area contributed by atoms with Gasteiger partial charge in [0.15, 0.2) is 11.5 Å². The number of nitrogen functional groups attached to an aromatic ring is 1. The van der Waals surface area contributed by atoms with E-state index in [0.717, 1.165) is 16.7 Å². The van der Waals surface area contributed by atoms with Gasteiger partial charge in [0.1, 0.15) is 10.8 Å². The zero-order chi connectivity index (χ0) is 19.0. The van der Waals surface area contributed by atoms with Crippen molar-refractivity contribution in [2.45, 2.75) is 6.42 Å². The third-order valence-corrected chi connectivity index (χ3v) is 4.39. The van der Waals surface area contributed by atoms with Crippen LogP contribution in [0.1, 0.15) is 21.5 Å². The van der Waals surface area contributed by atoms with Crippen molar-refractivity contribution >= 4 is 29.0 Å². The van der Waals surface area contributed by atoms with Crippen molar-refractivity contribution < 1.29 is 4.79 Å². The van der Waals surface area contributed by atoms with Crippen LogP contribution in [0.25, 0.3) is 16.9 Å². The SMILES string of the molecule is NC(=O)c1cccc(Cc2cnn3c(-c4ccnc(Cl)c4)c(N)nc3c2)c1. The van der Waals surface area contributed by atoms with E-state index in [0.29, 0.717) is 34.3 Å². The molecule has 0 bridgehead atoms. The van der Waals surface area contributed by atoms with Gasteiger partial charge in [0.25, 0.3) is 0 Å². The summed E-state index contributed by atoms with van der Waals surface area (Å²) in [7, 11) is 0. The number of halogens is 1. The van der Waals surface area contributed by atoms with Crippen LogP contribution in [0.2, 0.25) is 5.15 Å². The Kier molecular flexibility index (Phi) is 4.21. The summed E-state index contributed by atoms with van der Waals surface area (Å²) in [5, 5.41) is 4.85. The smallest absolute Gasteiger partial charge is 0.248 e. The van der Waals surface area contributed by atoms with Crippen molar-refractivity contribution in [1.82, 2.24) is 19.6 Å². The minimum Gasteiger partial charge on any atom is -0.382 e. The Morgan fingerprint density at radius 2 is 2.00 bits per heavy atom. The van der Waals surface area contributed by atoms with Gasteiger partial charge in [-0.15, -0.1) is 0 Å². The van der Waals surface area contributed by atoms with E-state index < -0.39 is 5.91 Å². The predicted octanol–water partition coefficient (Wildman–Crippen LogP) is 2.72. The fraction of sp³-hybridized carbons (Fsp3) is 0.0526. The second kappa shape index (κ2) is 6.69. The highest BCUT2D eigenvalue weighted by atomic mass is 35.5. The Balaban J connectivity index is 1.72. The molecular formula is C19H15ClN6O. The summed E-state index contributed by atoms with van der Waals surface area (Å²) in [5.41, 5.74) is 15.9. The number of carbonyl (C=O) groups excluding carboxylic acids is 1. The molecule has 0 aliphatic carbocycles. The number of hydrogen-bond donors (Lipinski definition) is 2. The fourth-order valence-electron chi connectivity index (χ4n) is 2.98. The highest BCUT2D eigenvalue weighted by Gasteiger charge is 2.14. The number of nitrogens with two attached hydrogens (primary N) is 2. The zero-order valence-electron chi connectivity index (χ0n) is 14.1. The van der Waals surface area contributed by atoms with E-state index >= 15 is 0 Å². The van der Waals surface area contributed by atoms with Gasteiger partial charge in [0, 0.05) is 17.3 Å². The highest BCUT2D eigenvalue weighted by molar-refractivity contribution is 6.29. The summed E-state index contributed by atoms with van der Waals surface area (Å²) in [4.78, 5) is 19.7. The first-order valence-corrected chi connectivity index (χ1v) is 8.53. The molecule has 4 rings (SSSR count). The molecule has 4 aromatic rings. The number of primary amides is 1. The lowest BCUT2D eigenvalue weighted by molar-refractivity contribution is 0.1000. The minimum absolute atomic E-state index is 0.359. The number of carbonyl (C=O) groups is 1. The lowest BCUT2D eigenvalue weighted by Crippen LogP contribution is -2.11. The lowest BCUT2D eigenvalue weighted by atomic mass is 10.0. The largest absolute Gasteiger partial charge is 0.382 e. The number of anilines is 1. The maximum Gasteiger partial charge on any atom is 0.248 e. The molecular weight excluding hydrogens is 364 g/mol. The number of hydrogen-bond acceptors (Lipinski definition) is 5. The minimum atomic E-state index is -0.452. The average Bonchev–Trinajstić information content (AvgIpc) is 2.97. The average molecular weight is 379 g/mol. The normalized spacial score (nSPS) is 11.0. The van der Waals surface area contributed by atoms with Gasteiger partial charge in [-0.1, -0.05) is 23.7 Å². The lowest BCUT2D eigenvalue weighted by Gasteiger charge is -2.05. The Morgan fingerprint density at radius 1 is 1.15 bits per heavy atom. The number of pyridine rings is 1. The van der Waals surface area contributed by atoms with Crippen LogP contribution >= 0.6 is 11.6 Å². The number of fused-ring (bicyclic) bond motifs is 1. The molecule has 0 aliphatic heterocycles. The molecule has 0 saturated heterocycles. The molecule has 0 atom stereocenters. The molecule has 0 aliphatic rings. The van der Waals surface area contributed by atoms with Gasteiger partial charge in [-0.2, -0.15) is 5.10 Å². The number of imidazole rings is 1. The molecule has 3 heterocycles. The summed E-state index contributed by atoms with van der Waals surface area (Å²) < 4.78 is 1.67. The van der Waals surface area contributed by atoms with Crippen molar-refractivity contribution in [3.8, 4) is 11.3 Å². The van der Waals surface area contributed by atoms with Crippen LogP contribution in [0, 0.1) is 0 Å². The van der Waals surface area contributed by atoms with Crippen LogP contribution in [-0.4, -0.2) is 25.5 Å². The van der Waals surface area contributed by atoms with Crippen molar-refractivity contribution in [2.75, 3.05) is 5.73 Å². The molecule has 0 fully saturated rings. The van der Waals surface area contributed by atoms with Gasteiger partial charge in [0.05, 0.1) is 6.20 Å². The zero-order valence-corrected chi connectivity index (χ0v) is 14.9. The first-order valence-electron chi connectivity index (χ1n) is 8.15. The molecule has 0 unspecified atom stereocenters. The Hall–Kier alpha value is -3.45. The topological polar surface area (TPSA) is 112 Å². The molecule has 7 nitrogen and oxygen atoms in total. The number of rotatable bonds is 4. The Labute approximate surface area is 159 Å². The van der Waals surface area contributed by atoms with Gasteiger partial charge >= 0.3 is 0 Å². The Morgan fingerprint density at radius 3 is 2.78 bits per heavy atom. The van der Waals surface area contributed by atoms with Crippen LogP contribution in [0.15, 0.2) is 54.9 Å². The van der Waals surface area contributed by atoms with Crippen LogP contribution in [0.4, 0.5) is 5.82 Å². The highest BCUT2D eigenvalue weighted by Crippen LogP contribution is 2.27. The number of amides is 1. The molecule has 134 valence electrons. The van der Waals surface area contributed by atoms with Crippen molar-refractivity contribution in [2.24, 2.45) is 5.73 Å². The summed E-state index contributed by atoms with van der Waals surface area (Å²) in [5.74, 6) is -0.0928. The first kappa shape index (κ1) is 17.0. The molecule has 1 amide bonds.